The van der Waals surface area contributed by atoms with E-state index in [-0.39, 0.29) is 0 Å². The molecule has 100 valence electrons. The normalized spacial score (nSPS) is 10.8. The summed E-state index contributed by atoms with van der Waals surface area (Å²) in [4.78, 5) is 8.86. The maximum atomic E-state index is 5.79. The van der Waals surface area contributed by atoms with E-state index < -0.39 is 0 Å². The summed E-state index contributed by atoms with van der Waals surface area (Å²) in [5.41, 5.74) is 3.36. The van der Waals surface area contributed by atoms with E-state index in [9.17, 15) is 0 Å². The van der Waals surface area contributed by atoms with Gasteiger partial charge in [-0.15, -0.1) is 0 Å². The van der Waals surface area contributed by atoms with Crippen LogP contribution in [-0.4, -0.2) is 9.97 Å². The predicted octanol–water partition coefficient (Wildman–Crippen LogP) is 3.80. The number of aromatic nitrogens is 2. The number of hydrogen-bond donors (Lipinski definition) is 0. The van der Waals surface area contributed by atoms with Crippen LogP contribution in [0.5, 0.6) is 5.88 Å². The standard InChI is InChI=1S/C16H20N2O/c1-11(2)16-17-13(4)9-15(18-16)19-10-14-8-6-5-7-12(14)3/h5-9,11H,10H2,1-4H3. The van der Waals surface area contributed by atoms with E-state index in [0.717, 1.165) is 11.5 Å². The van der Waals surface area contributed by atoms with Gasteiger partial charge in [0, 0.05) is 17.7 Å². The van der Waals surface area contributed by atoms with Gasteiger partial charge in [-0.2, -0.15) is 4.98 Å². The van der Waals surface area contributed by atoms with Crippen LogP contribution in [0.4, 0.5) is 0 Å². The molecule has 1 heterocycles. The highest BCUT2D eigenvalue weighted by Gasteiger charge is 2.07. The maximum Gasteiger partial charge on any atom is 0.217 e. The second kappa shape index (κ2) is 5.83. The van der Waals surface area contributed by atoms with E-state index in [2.05, 4.69) is 42.9 Å². The van der Waals surface area contributed by atoms with Crippen LogP contribution in [0.15, 0.2) is 30.3 Å². The summed E-state index contributed by atoms with van der Waals surface area (Å²) >= 11 is 0. The number of rotatable bonds is 4. The summed E-state index contributed by atoms with van der Waals surface area (Å²) in [6.45, 7) is 8.76. The van der Waals surface area contributed by atoms with Gasteiger partial charge < -0.3 is 4.74 Å². The molecule has 0 amide bonds. The lowest BCUT2D eigenvalue weighted by Crippen LogP contribution is -2.04. The second-order valence-corrected chi connectivity index (χ2v) is 5.08. The molecule has 1 aromatic carbocycles. The summed E-state index contributed by atoms with van der Waals surface area (Å²) in [5, 5.41) is 0. The molecular formula is C16H20N2O. The summed E-state index contributed by atoms with van der Waals surface area (Å²) in [5.74, 6) is 1.79. The monoisotopic (exact) mass is 256 g/mol. The molecule has 0 spiro atoms. The van der Waals surface area contributed by atoms with Crippen molar-refractivity contribution in [2.75, 3.05) is 0 Å². The lowest BCUT2D eigenvalue weighted by molar-refractivity contribution is 0.290. The third-order valence-electron chi connectivity index (χ3n) is 3.00. The van der Waals surface area contributed by atoms with Gasteiger partial charge in [0.1, 0.15) is 12.4 Å². The molecule has 0 saturated heterocycles. The molecule has 2 aromatic rings. The molecule has 0 saturated carbocycles. The van der Waals surface area contributed by atoms with Crippen molar-refractivity contribution in [1.82, 2.24) is 9.97 Å². The number of nitrogens with zero attached hydrogens (tertiary/aromatic N) is 2. The van der Waals surface area contributed by atoms with Crippen LogP contribution in [0.1, 0.15) is 42.4 Å². The van der Waals surface area contributed by atoms with Crippen LogP contribution in [-0.2, 0) is 6.61 Å². The topological polar surface area (TPSA) is 35.0 Å². The quantitative estimate of drug-likeness (QED) is 0.834. The summed E-state index contributed by atoms with van der Waals surface area (Å²) in [7, 11) is 0. The number of hydrogen-bond acceptors (Lipinski definition) is 3. The molecule has 3 heteroatoms. The van der Waals surface area contributed by atoms with Crippen LogP contribution in [0.3, 0.4) is 0 Å². The number of benzene rings is 1. The van der Waals surface area contributed by atoms with Crippen molar-refractivity contribution < 1.29 is 4.74 Å². The molecule has 1 aromatic heterocycles. The molecule has 0 aliphatic carbocycles. The molecule has 0 bridgehead atoms. The van der Waals surface area contributed by atoms with E-state index in [1.807, 2.05) is 25.1 Å². The Morgan fingerprint density at radius 3 is 2.53 bits per heavy atom. The average molecular weight is 256 g/mol. The van der Waals surface area contributed by atoms with Gasteiger partial charge in [-0.3, -0.25) is 0 Å². The van der Waals surface area contributed by atoms with Gasteiger partial charge >= 0.3 is 0 Å². The molecule has 0 aliphatic heterocycles. The Morgan fingerprint density at radius 1 is 1.11 bits per heavy atom. The summed E-state index contributed by atoms with van der Waals surface area (Å²) < 4.78 is 5.79. The SMILES string of the molecule is Cc1cc(OCc2ccccc2C)nc(C(C)C)n1. The van der Waals surface area contributed by atoms with E-state index >= 15 is 0 Å². The van der Waals surface area contributed by atoms with Crippen molar-refractivity contribution in [3.63, 3.8) is 0 Å². The number of aryl methyl sites for hydroxylation is 2. The molecule has 0 fully saturated rings. The highest BCUT2D eigenvalue weighted by molar-refractivity contribution is 5.25. The smallest absolute Gasteiger partial charge is 0.217 e. The van der Waals surface area contributed by atoms with Crippen LogP contribution in [0.25, 0.3) is 0 Å². The zero-order valence-corrected chi connectivity index (χ0v) is 12.0. The molecule has 0 unspecified atom stereocenters. The van der Waals surface area contributed by atoms with E-state index in [1.54, 1.807) is 0 Å². The number of ether oxygens (including phenoxy) is 1. The molecule has 19 heavy (non-hydrogen) atoms. The first-order valence-electron chi connectivity index (χ1n) is 6.59. The molecule has 3 nitrogen and oxygen atoms in total. The Kier molecular flexibility index (Phi) is 4.15. The van der Waals surface area contributed by atoms with Crippen molar-refractivity contribution in [1.29, 1.82) is 0 Å². The molecule has 0 atom stereocenters. The fourth-order valence-corrected chi connectivity index (χ4v) is 1.82. The molecular weight excluding hydrogens is 236 g/mol. The van der Waals surface area contributed by atoms with Crippen molar-refractivity contribution in [2.24, 2.45) is 0 Å². The first kappa shape index (κ1) is 13.5. The zero-order valence-electron chi connectivity index (χ0n) is 12.0. The average Bonchev–Trinajstić information content (AvgIpc) is 2.37. The van der Waals surface area contributed by atoms with Crippen LogP contribution < -0.4 is 4.74 Å². The minimum absolute atomic E-state index is 0.306. The van der Waals surface area contributed by atoms with Crippen LogP contribution in [0.2, 0.25) is 0 Å². The first-order valence-corrected chi connectivity index (χ1v) is 6.59. The van der Waals surface area contributed by atoms with Crippen molar-refractivity contribution in [3.05, 3.63) is 53.0 Å². The van der Waals surface area contributed by atoms with Crippen LogP contribution >= 0.6 is 0 Å². The first-order chi connectivity index (χ1) is 9.06. The molecule has 2 rings (SSSR count). The minimum Gasteiger partial charge on any atom is -0.473 e. The second-order valence-electron chi connectivity index (χ2n) is 5.08. The van der Waals surface area contributed by atoms with Gasteiger partial charge in [-0.25, -0.2) is 4.98 Å². The Morgan fingerprint density at radius 2 is 1.84 bits per heavy atom. The lowest BCUT2D eigenvalue weighted by atomic mass is 10.1. The van der Waals surface area contributed by atoms with Gasteiger partial charge in [0.25, 0.3) is 0 Å². The Bertz CT molecular complexity index is 564. The largest absolute Gasteiger partial charge is 0.473 e. The Hall–Kier alpha value is -1.90. The van der Waals surface area contributed by atoms with Crippen LogP contribution in [0, 0.1) is 13.8 Å². The van der Waals surface area contributed by atoms with Gasteiger partial charge in [-0.05, 0) is 25.0 Å². The van der Waals surface area contributed by atoms with E-state index in [0.29, 0.717) is 18.4 Å². The summed E-state index contributed by atoms with van der Waals surface area (Å²) in [6.07, 6.45) is 0. The Balaban J connectivity index is 2.14. The third-order valence-corrected chi connectivity index (χ3v) is 3.00. The van der Waals surface area contributed by atoms with Crippen molar-refractivity contribution in [3.8, 4) is 5.88 Å². The zero-order chi connectivity index (χ0) is 13.8. The van der Waals surface area contributed by atoms with Crippen molar-refractivity contribution in [2.45, 2.75) is 40.2 Å². The predicted molar refractivity (Wildman–Crippen MR) is 76.4 cm³/mol. The maximum absolute atomic E-state index is 5.79. The highest BCUT2D eigenvalue weighted by atomic mass is 16.5. The highest BCUT2D eigenvalue weighted by Crippen LogP contribution is 2.17. The van der Waals surface area contributed by atoms with Gasteiger partial charge in [0.2, 0.25) is 5.88 Å². The van der Waals surface area contributed by atoms with Gasteiger partial charge in [0.15, 0.2) is 0 Å². The third kappa shape index (κ3) is 3.53. The van der Waals surface area contributed by atoms with Gasteiger partial charge in [-0.1, -0.05) is 38.1 Å². The van der Waals surface area contributed by atoms with Gasteiger partial charge in [0.05, 0.1) is 0 Å². The van der Waals surface area contributed by atoms with E-state index in [1.165, 1.54) is 11.1 Å². The fraction of sp³-hybridized carbons (Fsp3) is 0.375. The minimum atomic E-state index is 0.306. The van der Waals surface area contributed by atoms with E-state index in [4.69, 9.17) is 4.74 Å². The molecule has 0 radical (unpaired) electrons. The lowest BCUT2D eigenvalue weighted by Gasteiger charge is -2.11. The van der Waals surface area contributed by atoms with Crippen molar-refractivity contribution >= 4 is 0 Å². The fourth-order valence-electron chi connectivity index (χ4n) is 1.82. The molecule has 0 N–H and O–H groups in total. The Labute approximate surface area is 114 Å². The summed E-state index contributed by atoms with van der Waals surface area (Å²) in [6, 6.07) is 10.1. The molecule has 0 aliphatic rings.